The third-order valence-corrected chi connectivity index (χ3v) is 5.25. The molecule has 0 saturated heterocycles. The topological polar surface area (TPSA) is 76.2 Å². The minimum absolute atomic E-state index is 0.0887. The van der Waals surface area contributed by atoms with Crippen molar-refractivity contribution in [1.29, 1.82) is 0 Å². The van der Waals surface area contributed by atoms with Crippen LogP contribution >= 0.6 is 0 Å². The summed E-state index contributed by atoms with van der Waals surface area (Å²) in [6, 6.07) is 12.9. The Kier molecular flexibility index (Phi) is 3.92. The average molecular weight is 329 g/mol. The molecule has 0 unspecified atom stereocenters. The van der Waals surface area contributed by atoms with E-state index in [1.54, 1.807) is 36.4 Å². The number of nitrogens with one attached hydrogen (secondary N) is 1. The minimum Gasteiger partial charge on any atom is -0.494 e. The van der Waals surface area contributed by atoms with Gasteiger partial charge in [-0.05, 0) is 37.3 Å². The maximum Gasteiger partial charge on any atom is 0.211 e. The monoisotopic (exact) mass is 329 g/mol. The number of benzene rings is 2. The highest BCUT2D eigenvalue weighted by atomic mass is 32.2. The Balaban J connectivity index is 2.23. The van der Waals surface area contributed by atoms with E-state index in [9.17, 15) is 13.2 Å². The second-order valence-corrected chi connectivity index (χ2v) is 6.86. The molecule has 0 aliphatic carbocycles. The first-order valence-corrected chi connectivity index (χ1v) is 8.60. The van der Waals surface area contributed by atoms with E-state index in [0.29, 0.717) is 17.9 Å². The maximum atomic E-state index is 12.7. The van der Waals surface area contributed by atoms with Crippen LogP contribution in [0.25, 0.3) is 10.9 Å². The van der Waals surface area contributed by atoms with Crippen LogP contribution in [0.5, 0.6) is 5.75 Å². The summed E-state index contributed by atoms with van der Waals surface area (Å²) < 4.78 is 30.7. The van der Waals surface area contributed by atoms with Gasteiger partial charge in [-0.3, -0.25) is 4.79 Å². The molecule has 0 radical (unpaired) electrons. The first-order valence-electron chi connectivity index (χ1n) is 7.12. The number of H-pyrrole nitrogens is 1. The fraction of sp³-hybridized carbons (Fsp3) is 0.118. The largest absolute Gasteiger partial charge is 0.494 e. The lowest BCUT2D eigenvalue weighted by Crippen LogP contribution is -2.16. The smallest absolute Gasteiger partial charge is 0.211 e. The van der Waals surface area contributed by atoms with Crippen LogP contribution in [0.2, 0.25) is 0 Å². The van der Waals surface area contributed by atoms with Crippen LogP contribution in [-0.4, -0.2) is 20.0 Å². The maximum absolute atomic E-state index is 12.7. The third kappa shape index (κ3) is 2.73. The molecular weight excluding hydrogens is 314 g/mol. The Morgan fingerprint density at radius 1 is 1.09 bits per heavy atom. The van der Waals surface area contributed by atoms with Gasteiger partial charge in [0.25, 0.3) is 0 Å². The van der Waals surface area contributed by atoms with Crippen LogP contribution in [0.1, 0.15) is 6.92 Å². The predicted molar refractivity (Wildman–Crippen MR) is 87.6 cm³/mol. The molecule has 0 bridgehead atoms. The van der Waals surface area contributed by atoms with Crippen LogP contribution in [0.3, 0.4) is 0 Å². The Morgan fingerprint density at radius 2 is 1.83 bits per heavy atom. The summed E-state index contributed by atoms with van der Waals surface area (Å²) in [7, 11) is -3.87. The fourth-order valence-electron chi connectivity index (χ4n) is 2.36. The number of aromatic amines is 1. The highest BCUT2D eigenvalue weighted by molar-refractivity contribution is 7.91. The molecule has 1 aromatic heterocycles. The summed E-state index contributed by atoms with van der Waals surface area (Å²) in [5, 5.41) is 0.285. The lowest BCUT2D eigenvalue weighted by atomic mass is 10.2. The van der Waals surface area contributed by atoms with Crippen LogP contribution in [0.15, 0.2) is 69.3 Å². The van der Waals surface area contributed by atoms with Crippen molar-refractivity contribution < 1.29 is 13.2 Å². The Morgan fingerprint density at radius 3 is 2.52 bits per heavy atom. The standard InChI is InChI=1S/C17H15NO4S/c1-2-22-12-8-9-15-14(10-12)17(19)16(11-18-15)23(20,21)13-6-4-3-5-7-13/h3-11H,2H2,1H3,(H,18,19). The third-order valence-electron chi connectivity index (χ3n) is 3.47. The van der Waals surface area contributed by atoms with Gasteiger partial charge in [0.2, 0.25) is 15.3 Å². The summed E-state index contributed by atoms with van der Waals surface area (Å²) in [6.07, 6.45) is 1.24. The van der Waals surface area contributed by atoms with E-state index < -0.39 is 15.3 Å². The van der Waals surface area contributed by atoms with Crippen molar-refractivity contribution in [1.82, 2.24) is 4.98 Å². The quantitative estimate of drug-likeness (QED) is 0.798. The molecule has 3 rings (SSSR count). The summed E-state index contributed by atoms with van der Waals surface area (Å²) in [5.74, 6) is 0.528. The molecule has 0 atom stereocenters. The zero-order chi connectivity index (χ0) is 16.4. The van der Waals surface area contributed by atoms with Gasteiger partial charge in [-0.25, -0.2) is 8.42 Å². The Labute approximate surface area is 133 Å². The molecule has 2 aromatic carbocycles. The first kappa shape index (κ1) is 15.3. The van der Waals surface area contributed by atoms with Gasteiger partial charge in [0, 0.05) is 11.7 Å². The molecule has 0 aliphatic rings. The van der Waals surface area contributed by atoms with Gasteiger partial charge in [-0.1, -0.05) is 18.2 Å². The molecule has 118 valence electrons. The van der Waals surface area contributed by atoms with E-state index in [1.165, 1.54) is 18.3 Å². The molecule has 0 saturated carbocycles. The molecule has 5 nitrogen and oxygen atoms in total. The highest BCUT2D eigenvalue weighted by Gasteiger charge is 2.22. The molecule has 3 aromatic rings. The second kappa shape index (κ2) is 5.89. The van der Waals surface area contributed by atoms with Gasteiger partial charge in [0.15, 0.2) is 0 Å². The number of rotatable bonds is 4. The summed E-state index contributed by atoms with van der Waals surface area (Å²) >= 11 is 0. The molecule has 6 heteroatoms. The Bertz CT molecular complexity index is 1010. The summed E-state index contributed by atoms with van der Waals surface area (Å²) in [5.41, 5.74) is 0.0228. The zero-order valence-corrected chi connectivity index (χ0v) is 13.3. The number of fused-ring (bicyclic) bond motifs is 1. The van der Waals surface area contributed by atoms with E-state index in [0.717, 1.165) is 0 Å². The van der Waals surface area contributed by atoms with E-state index >= 15 is 0 Å². The predicted octanol–water partition coefficient (Wildman–Crippen LogP) is 2.76. The number of hydrogen-bond acceptors (Lipinski definition) is 4. The van der Waals surface area contributed by atoms with Crippen molar-refractivity contribution in [3.63, 3.8) is 0 Å². The van der Waals surface area contributed by atoms with Gasteiger partial charge in [-0.2, -0.15) is 0 Å². The van der Waals surface area contributed by atoms with Crippen molar-refractivity contribution >= 4 is 20.7 Å². The van der Waals surface area contributed by atoms with Crippen molar-refractivity contribution in [2.75, 3.05) is 6.61 Å². The summed E-state index contributed by atoms with van der Waals surface area (Å²) in [4.78, 5) is 15.3. The van der Waals surface area contributed by atoms with E-state index in [4.69, 9.17) is 4.74 Å². The number of aromatic nitrogens is 1. The lowest BCUT2D eigenvalue weighted by Gasteiger charge is -2.07. The number of sulfone groups is 1. The van der Waals surface area contributed by atoms with Crippen molar-refractivity contribution in [2.24, 2.45) is 0 Å². The molecule has 0 amide bonds. The van der Waals surface area contributed by atoms with E-state index in [-0.39, 0.29) is 15.2 Å². The summed E-state index contributed by atoms with van der Waals surface area (Å²) in [6.45, 7) is 2.30. The van der Waals surface area contributed by atoms with Gasteiger partial charge in [-0.15, -0.1) is 0 Å². The normalized spacial score (nSPS) is 11.5. The molecule has 0 fully saturated rings. The number of hydrogen-bond donors (Lipinski definition) is 1. The van der Waals surface area contributed by atoms with Gasteiger partial charge >= 0.3 is 0 Å². The van der Waals surface area contributed by atoms with Gasteiger partial charge in [0.1, 0.15) is 10.6 Å². The number of pyridine rings is 1. The van der Waals surface area contributed by atoms with Gasteiger partial charge in [0.05, 0.1) is 16.9 Å². The lowest BCUT2D eigenvalue weighted by molar-refractivity contribution is 0.340. The SMILES string of the molecule is CCOc1ccc2[nH]cc(S(=O)(=O)c3ccccc3)c(=O)c2c1. The molecular formula is C17H15NO4S. The van der Waals surface area contributed by atoms with Crippen molar-refractivity contribution in [2.45, 2.75) is 16.7 Å². The second-order valence-electron chi connectivity index (χ2n) is 4.94. The van der Waals surface area contributed by atoms with Crippen LogP contribution in [-0.2, 0) is 9.84 Å². The van der Waals surface area contributed by atoms with Crippen molar-refractivity contribution in [3.8, 4) is 5.75 Å². The first-order chi connectivity index (χ1) is 11.0. The molecule has 23 heavy (non-hydrogen) atoms. The fourth-order valence-corrected chi connectivity index (χ4v) is 3.70. The van der Waals surface area contributed by atoms with E-state index in [2.05, 4.69) is 4.98 Å². The van der Waals surface area contributed by atoms with E-state index in [1.807, 2.05) is 6.92 Å². The van der Waals surface area contributed by atoms with Crippen LogP contribution < -0.4 is 10.2 Å². The highest BCUT2D eigenvalue weighted by Crippen LogP contribution is 2.21. The van der Waals surface area contributed by atoms with Crippen LogP contribution in [0, 0.1) is 0 Å². The van der Waals surface area contributed by atoms with Crippen LogP contribution in [0.4, 0.5) is 0 Å². The average Bonchev–Trinajstić information content (AvgIpc) is 2.56. The minimum atomic E-state index is -3.87. The van der Waals surface area contributed by atoms with Crippen molar-refractivity contribution in [3.05, 3.63) is 65.0 Å². The number of ether oxygens (including phenoxy) is 1. The molecule has 0 spiro atoms. The molecule has 1 heterocycles. The Hall–Kier alpha value is -2.60. The van der Waals surface area contributed by atoms with Gasteiger partial charge < -0.3 is 9.72 Å². The molecule has 1 N–H and O–H groups in total. The molecule has 0 aliphatic heterocycles. The zero-order valence-electron chi connectivity index (χ0n) is 12.4.